The maximum Gasteiger partial charge on any atom is 0.325 e. The number of benzene rings is 1. The van der Waals surface area contributed by atoms with Crippen LogP contribution in [0.2, 0.25) is 0 Å². The summed E-state index contributed by atoms with van der Waals surface area (Å²) in [5.41, 5.74) is 0.188. The Kier molecular flexibility index (Phi) is 6.31. The van der Waals surface area contributed by atoms with E-state index >= 15 is 0 Å². The zero-order valence-electron chi connectivity index (χ0n) is 17.1. The minimum absolute atomic E-state index is 0.202. The van der Waals surface area contributed by atoms with Crippen LogP contribution in [0.1, 0.15) is 48.9 Å². The third-order valence-electron chi connectivity index (χ3n) is 6.51. The standard InChI is InChI=1S/C22H26BrN3O5/c23-17-3-1-2-16(7-17)20(29)24-11-19(28)31-12-18(27)25-21(30)26-22-8-13-4-14(9-22)6-15(5-13)10-22/h1-3,7,13-15H,4-6,8-12H2,(H,24,29)(H2,25,26,27,30). The monoisotopic (exact) mass is 491 g/mol. The van der Waals surface area contributed by atoms with Gasteiger partial charge in [0.15, 0.2) is 6.61 Å². The molecule has 8 nitrogen and oxygen atoms in total. The Hall–Kier alpha value is -2.42. The number of nitrogens with one attached hydrogen (secondary N) is 3. The van der Waals surface area contributed by atoms with Crippen molar-refractivity contribution in [2.75, 3.05) is 13.2 Å². The van der Waals surface area contributed by atoms with Crippen molar-refractivity contribution < 1.29 is 23.9 Å². The number of carbonyl (C=O) groups excluding carboxylic acids is 4. The van der Waals surface area contributed by atoms with Crippen molar-refractivity contribution in [2.45, 2.75) is 44.1 Å². The molecule has 4 aliphatic rings. The molecule has 166 valence electrons. The van der Waals surface area contributed by atoms with Crippen LogP contribution in [-0.2, 0) is 14.3 Å². The fraction of sp³-hybridized carbons (Fsp3) is 0.545. The van der Waals surface area contributed by atoms with E-state index in [-0.39, 0.29) is 12.1 Å². The first-order chi connectivity index (χ1) is 14.8. The zero-order valence-corrected chi connectivity index (χ0v) is 18.7. The maximum absolute atomic E-state index is 12.3. The normalized spacial score (nSPS) is 28.0. The Labute approximate surface area is 189 Å². The second kappa shape index (κ2) is 8.98. The van der Waals surface area contributed by atoms with E-state index in [2.05, 4.69) is 31.9 Å². The van der Waals surface area contributed by atoms with E-state index in [1.807, 2.05) is 0 Å². The van der Waals surface area contributed by atoms with Gasteiger partial charge in [-0.2, -0.15) is 0 Å². The number of esters is 1. The highest BCUT2D eigenvalue weighted by atomic mass is 79.9. The molecular formula is C22H26BrN3O5. The molecule has 4 fully saturated rings. The first-order valence-corrected chi connectivity index (χ1v) is 11.4. The Balaban J connectivity index is 1.17. The van der Waals surface area contributed by atoms with Crippen LogP contribution < -0.4 is 16.0 Å². The van der Waals surface area contributed by atoms with Crippen molar-refractivity contribution in [1.82, 2.24) is 16.0 Å². The molecule has 4 aliphatic carbocycles. The summed E-state index contributed by atoms with van der Waals surface area (Å²) in [5, 5.41) is 7.71. The lowest BCUT2D eigenvalue weighted by Gasteiger charge is -2.56. The van der Waals surface area contributed by atoms with Gasteiger partial charge in [-0.15, -0.1) is 0 Å². The minimum atomic E-state index is -0.764. The van der Waals surface area contributed by atoms with E-state index in [9.17, 15) is 19.2 Å². The molecule has 1 aromatic rings. The van der Waals surface area contributed by atoms with Gasteiger partial charge in [-0.25, -0.2) is 4.79 Å². The fourth-order valence-corrected chi connectivity index (χ4v) is 6.18. The van der Waals surface area contributed by atoms with Gasteiger partial charge in [0.05, 0.1) is 0 Å². The molecule has 0 spiro atoms. The van der Waals surface area contributed by atoms with Crippen molar-refractivity contribution in [3.63, 3.8) is 0 Å². The Bertz CT molecular complexity index is 868. The SMILES string of the molecule is O=C(COC(=O)CNC(=O)c1cccc(Br)c1)NC(=O)NC12CC3CC(CC(C3)C1)C2. The smallest absolute Gasteiger partial charge is 0.325 e. The van der Waals surface area contributed by atoms with E-state index in [1.165, 1.54) is 19.3 Å². The predicted molar refractivity (Wildman–Crippen MR) is 115 cm³/mol. The number of amides is 4. The summed E-state index contributed by atoms with van der Waals surface area (Å²) in [6.45, 7) is -0.960. The molecule has 0 radical (unpaired) electrons. The summed E-state index contributed by atoms with van der Waals surface area (Å²) in [7, 11) is 0. The van der Waals surface area contributed by atoms with Crippen molar-refractivity contribution in [3.05, 3.63) is 34.3 Å². The third kappa shape index (κ3) is 5.44. The van der Waals surface area contributed by atoms with Crippen LogP contribution in [0.25, 0.3) is 0 Å². The maximum atomic E-state index is 12.3. The molecule has 0 saturated heterocycles. The summed E-state index contributed by atoms with van der Waals surface area (Å²) in [4.78, 5) is 48.2. The molecule has 4 saturated carbocycles. The molecule has 9 heteroatoms. The third-order valence-corrected chi connectivity index (χ3v) is 7.01. The first-order valence-electron chi connectivity index (χ1n) is 10.6. The van der Waals surface area contributed by atoms with Crippen molar-refractivity contribution >= 4 is 39.7 Å². The van der Waals surface area contributed by atoms with E-state index < -0.39 is 30.4 Å². The van der Waals surface area contributed by atoms with E-state index in [0.717, 1.165) is 23.7 Å². The molecule has 0 unspecified atom stereocenters. The number of rotatable bonds is 6. The highest BCUT2D eigenvalue weighted by Gasteiger charge is 2.51. The molecule has 0 aliphatic heterocycles. The summed E-state index contributed by atoms with van der Waals surface area (Å²) < 4.78 is 5.60. The van der Waals surface area contributed by atoms with Gasteiger partial charge in [-0.3, -0.25) is 19.7 Å². The van der Waals surface area contributed by atoms with Gasteiger partial charge in [-0.1, -0.05) is 22.0 Å². The van der Waals surface area contributed by atoms with Gasteiger partial charge in [0, 0.05) is 15.6 Å². The summed E-state index contributed by atoms with van der Waals surface area (Å²) >= 11 is 3.27. The number of halogens is 1. The first kappa shape index (κ1) is 21.8. The van der Waals surface area contributed by atoms with Crippen LogP contribution in [0.5, 0.6) is 0 Å². The van der Waals surface area contributed by atoms with E-state index in [4.69, 9.17) is 4.74 Å². The molecule has 0 heterocycles. The number of ether oxygens (including phenoxy) is 1. The highest BCUT2D eigenvalue weighted by Crippen LogP contribution is 2.55. The van der Waals surface area contributed by atoms with Crippen LogP contribution in [-0.4, -0.2) is 42.5 Å². The predicted octanol–water partition coefficient (Wildman–Crippen LogP) is 2.52. The number of hydrogen-bond acceptors (Lipinski definition) is 5. The number of imide groups is 1. The van der Waals surface area contributed by atoms with Gasteiger partial charge in [0.1, 0.15) is 6.54 Å². The van der Waals surface area contributed by atoms with Crippen molar-refractivity contribution in [3.8, 4) is 0 Å². The average molecular weight is 492 g/mol. The van der Waals surface area contributed by atoms with Gasteiger partial charge in [0.25, 0.3) is 11.8 Å². The van der Waals surface area contributed by atoms with E-state index in [1.54, 1.807) is 24.3 Å². The molecular weight excluding hydrogens is 466 g/mol. The van der Waals surface area contributed by atoms with Gasteiger partial charge >= 0.3 is 12.0 Å². The minimum Gasteiger partial charge on any atom is -0.454 e. The average Bonchev–Trinajstić information content (AvgIpc) is 2.69. The molecule has 5 rings (SSSR count). The van der Waals surface area contributed by atoms with Crippen LogP contribution >= 0.6 is 15.9 Å². The largest absolute Gasteiger partial charge is 0.454 e. The molecule has 4 bridgehead atoms. The number of carbonyl (C=O) groups is 4. The Morgan fingerprint density at radius 2 is 1.68 bits per heavy atom. The summed E-state index contributed by atoms with van der Waals surface area (Å²) in [5.74, 6) is 0.132. The van der Waals surface area contributed by atoms with E-state index in [0.29, 0.717) is 23.3 Å². The second-order valence-corrected chi connectivity index (χ2v) is 9.97. The summed E-state index contributed by atoms with van der Waals surface area (Å²) in [6, 6.07) is 6.18. The van der Waals surface area contributed by atoms with Gasteiger partial charge in [0.2, 0.25) is 0 Å². The highest BCUT2D eigenvalue weighted by molar-refractivity contribution is 9.10. The van der Waals surface area contributed by atoms with Crippen LogP contribution in [0.15, 0.2) is 28.7 Å². The lowest BCUT2D eigenvalue weighted by Crippen LogP contribution is -2.62. The fourth-order valence-electron chi connectivity index (χ4n) is 5.78. The summed E-state index contributed by atoms with van der Waals surface area (Å²) in [6.07, 6.45) is 6.72. The molecule has 1 aromatic carbocycles. The van der Waals surface area contributed by atoms with Gasteiger partial charge in [-0.05, 0) is 74.5 Å². The van der Waals surface area contributed by atoms with Crippen LogP contribution in [0.3, 0.4) is 0 Å². The molecule has 3 N–H and O–H groups in total. The molecule has 0 aromatic heterocycles. The Morgan fingerprint density at radius 1 is 1.03 bits per heavy atom. The lowest BCUT2D eigenvalue weighted by atomic mass is 9.53. The van der Waals surface area contributed by atoms with Gasteiger partial charge < -0.3 is 15.4 Å². The van der Waals surface area contributed by atoms with Crippen LogP contribution in [0, 0.1) is 17.8 Å². The second-order valence-electron chi connectivity index (χ2n) is 9.05. The topological polar surface area (TPSA) is 114 Å². The molecule has 31 heavy (non-hydrogen) atoms. The lowest BCUT2D eigenvalue weighted by molar-refractivity contribution is -0.147. The molecule has 4 amide bonds. The Morgan fingerprint density at radius 3 is 2.29 bits per heavy atom. The molecule has 0 atom stereocenters. The number of urea groups is 1. The van der Waals surface area contributed by atoms with Crippen molar-refractivity contribution in [1.29, 1.82) is 0 Å². The van der Waals surface area contributed by atoms with Crippen molar-refractivity contribution in [2.24, 2.45) is 17.8 Å². The number of hydrogen-bond donors (Lipinski definition) is 3. The quantitative estimate of drug-likeness (QED) is 0.529. The zero-order chi connectivity index (χ0) is 22.0. The van der Waals surface area contributed by atoms with Crippen LogP contribution in [0.4, 0.5) is 4.79 Å².